The Kier molecular flexibility index (Phi) is 2.81. The molecule has 0 atom stereocenters. The van der Waals surface area contributed by atoms with Crippen LogP contribution in [0.25, 0.3) is 4.96 Å². The first kappa shape index (κ1) is 12.5. The number of hydrogen-bond donors (Lipinski definition) is 1. The fraction of sp³-hybridized carbons (Fsp3) is 0.667. The fourth-order valence-corrected chi connectivity index (χ4v) is 2.54. The van der Waals surface area contributed by atoms with E-state index >= 15 is 0 Å². The van der Waals surface area contributed by atoms with Crippen molar-refractivity contribution in [3.8, 4) is 0 Å². The molecular weight excluding hydrogens is 262 g/mol. The van der Waals surface area contributed by atoms with Crippen molar-refractivity contribution in [2.24, 2.45) is 5.41 Å². The van der Waals surface area contributed by atoms with Crippen LogP contribution in [0.5, 0.6) is 0 Å². The monoisotopic (exact) mass is 279 g/mol. The van der Waals surface area contributed by atoms with Gasteiger partial charge in [-0.2, -0.15) is 9.61 Å². The lowest BCUT2D eigenvalue weighted by Crippen LogP contribution is -2.34. The maximum absolute atomic E-state index is 11.8. The second-order valence-corrected chi connectivity index (χ2v) is 7.00. The van der Waals surface area contributed by atoms with E-state index in [0.717, 1.165) is 15.8 Å². The molecule has 0 aromatic carbocycles. The van der Waals surface area contributed by atoms with Crippen LogP contribution >= 0.6 is 11.3 Å². The Bertz CT molecular complexity index is 620. The van der Waals surface area contributed by atoms with Crippen LogP contribution in [0, 0.1) is 5.41 Å². The molecule has 0 unspecified atom stereocenters. The van der Waals surface area contributed by atoms with Gasteiger partial charge >= 0.3 is 0 Å². The van der Waals surface area contributed by atoms with Gasteiger partial charge in [-0.3, -0.25) is 4.79 Å². The summed E-state index contributed by atoms with van der Waals surface area (Å²) in [6, 6.07) is 0. The molecule has 1 fully saturated rings. The van der Waals surface area contributed by atoms with Crippen LogP contribution in [-0.2, 0) is 11.3 Å². The molecule has 0 radical (unpaired) electrons. The molecular formula is C12H17N5OS. The minimum atomic E-state index is -0.377. The summed E-state index contributed by atoms with van der Waals surface area (Å²) >= 11 is 1.48. The molecule has 6 nitrogen and oxygen atoms in total. The van der Waals surface area contributed by atoms with Gasteiger partial charge < -0.3 is 5.32 Å². The molecule has 0 spiro atoms. The molecule has 2 aromatic heterocycles. The summed E-state index contributed by atoms with van der Waals surface area (Å²) in [5, 5.41) is 16.5. The molecule has 0 saturated heterocycles. The molecule has 102 valence electrons. The molecule has 1 N–H and O–H groups in total. The standard InChI is InChI=1S/C12H17N5OS/c1-12(2,3)10(18)13-6-8-16-17-9(7-4-5-7)14-15-11(17)19-8/h7H,4-6H2,1-3H3,(H,13,18). The van der Waals surface area contributed by atoms with E-state index in [0.29, 0.717) is 12.5 Å². The van der Waals surface area contributed by atoms with Gasteiger partial charge in [-0.15, -0.1) is 10.2 Å². The van der Waals surface area contributed by atoms with Crippen molar-refractivity contribution in [2.75, 3.05) is 0 Å². The van der Waals surface area contributed by atoms with Crippen LogP contribution in [0.15, 0.2) is 0 Å². The van der Waals surface area contributed by atoms with Gasteiger partial charge in [-0.25, -0.2) is 0 Å². The number of amides is 1. The van der Waals surface area contributed by atoms with Crippen LogP contribution in [0.2, 0.25) is 0 Å². The average Bonchev–Trinajstić information content (AvgIpc) is 2.96. The lowest BCUT2D eigenvalue weighted by molar-refractivity contribution is -0.128. The number of fused-ring (bicyclic) bond motifs is 1. The van der Waals surface area contributed by atoms with Gasteiger partial charge in [0.1, 0.15) is 5.01 Å². The Morgan fingerprint density at radius 2 is 2.16 bits per heavy atom. The first-order chi connectivity index (χ1) is 8.95. The normalized spacial score (nSPS) is 15.9. The second-order valence-electron chi connectivity index (χ2n) is 5.96. The highest BCUT2D eigenvalue weighted by Crippen LogP contribution is 2.39. The van der Waals surface area contributed by atoms with Crippen LogP contribution in [0.1, 0.15) is 50.4 Å². The van der Waals surface area contributed by atoms with E-state index in [4.69, 9.17) is 0 Å². The first-order valence-corrected chi connectivity index (χ1v) is 7.26. The van der Waals surface area contributed by atoms with Crippen molar-refractivity contribution < 1.29 is 4.79 Å². The largest absolute Gasteiger partial charge is 0.349 e. The molecule has 0 bridgehead atoms. The number of aromatic nitrogens is 4. The molecule has 2 aromatic rings. The van der Waals surface area contributed by atoms with Gasteiger partial charge in [0.25, 0.3) is 0 Å². The van der Waals surface area contributed by atoms with Gasteiger partial charge in [0, 0.05) is 11.3 Å². The maximum Gasteiger partial charge on any atom is 0.234 e. The van der Waals surface area contributed by atoms with E-state index in [1.165, 1.54) is 24.2 Å². The number of nitrogens with zero attached hydrogens (tertiary/aromatic N) is 4. The molecule has 19 heavy (non-hydrogen) atoms. The fourth-order valence-electron chi connectivity index (χ4n) is 1.76. The maximum atomic E-state index is 11.8. The summed E-state index contributed by atoms with van der Waals surface area (Å²) in [5.74, 6) is 1.51. The molecule has 1 aliphatic rings. The van der Waals surface area contributed by atoms with E-state index in [9.17, 15) is 4.79 Å². The van der Waals surface area contributed by atoms with Crippen LogP contribution in [-0.4, -0.2) is 25.7 Å². The Labute approximate surface area is 115 Å². The Balaban J connectivity index is 1.73. The molecule has 2 heterocycles. The Hall–Kier alpha value is -1.50. The third-order valence-corrected chi connectivity index (χ3v) is 3.98. The van der Waals surface area contributed by atoms with Gasteiger partial charge in [-0.1, -0.05) is 32.1 Å². The van der Waals surface area contributed by atoms with Crippen molar-refractivity contribution >= 4 is 22.2 Å². The van der Waals surface area contributed by atoms with Gasteiger partial charge in [0.05, 0.1) is 6.54 Å². The number of carbonyl (C=O) groups excluding carboxylic acids is 1. The number of carbonyl (C=O) groups is 1. The zero-order valence-corrected chi connectivity index (χ0v) is 12.1. The van der Waals surface area contributed by atoms with E-state index in [1.54, 1.807) is 0 Å². The zero-order valence-electron chi connectivity index (χ0n) is 11.3. The number of rotatable bonds is 3. The minimum absolute atomic E-state index is 0.0286. The van der Waals surface area contributed by atoms with Crippen molar-refractivity contribution in [2.45, 2.75) is 46.1 Å². The summed E-state index contributed by atoms with van der Waals surface area (Å²) in [7, 11) is 0. The lowest BCUT2D eigenvalue weighted by atomic mass is 9.96. The van der Waals surface area contributed by atoms with Crippen LogP contribution in [0.4, 0.5) is 0 Å². The van der Waals surface area contributed by atoms with Gasteiger partial charge in [0.15, 0.2) is 5.82 Å². The Morgan fingerprint density at radius 3 is 2.79 bits per heavy atom. The third kappa shape index (κ3) is 2.47. The predicted octanol–water partition coefficient (Wildman–Crippen LogP) is 1.73. The minimum Gasteiger partial charge on any atom is -0.349 e. The molecule has 3 rings (SSSR count). The van der Waals surface area contributed by atoms with Crippen LogP contribution in [0.3, 0.4) is 0 Å². The Morgan fingerprint density at radius 1 is 1.42 bits per heavy atom. The number of hydrogen-bond acceptors (Lipinski definition) is 5. The summed E-state index contributed by atoms with van der Waals surface area (Å²) in [6.45, 7) is 6.14. The lowest BCUT2D eigenvalue weighted by Gasteiger charge is -2.16. The predicted molar refractivity (Wildman–Crippen MR) is 71.9 cm³/mol. The van der Waals surface area contributed by atoms with E-state index < -0.39 is 0 Å². The summed E-state index contributed by atoms with van der Waals surface area (Å²) in [6.07, 6.45) is 2.35. The highest BCUT2D eigenvalue weighted by Gasteiger charge is 2.30. The smallest absolute Gasteiger partial charge is 0.234 e. The van der Waals surface area contributed by atoms with Gasteiger partial charge in [-0.05, 0) is 12.8 Å². The van der Waals surface area contributed by atoms with E-state index in [2.05, 4.69) is 20.6 Å². The van der Waals surface area contributed by atoms with Crippen molar-refractivity contribution in [1.29, 1.82) is 0 Å². The highest BCUT2D eigenvalue weighted by molar-refractivity contribution is 7.16. The molecule has 1 amide bonds. The molecule has 0 aliphatic heterocycles. The average molecular weight is 279 g/mol. The van der Waals surface area contributed by atoms with Crippen molar-refractivity contribution in [3.05, 3.63) is 10.8 Å². The number of nitrogens with one attached hydrogen (secondary N) is 1. The van der Waals surface area contributed by atoms with Gasteiger partial charge in [0.2, 0.25) is 10.9 Å². The summed E-state index contributed by atoms with van der Waals surface area (Å²) in [5.41, 5.74) is -0.377. The highest BCUT2D eigenvalue weighted by atomic mass is 32.1. The second kappa shape index (κ2) is 4.26. The molecule has 7 heteroatoms. The zero-order chi connectivity index (χ0) is 13.6. The van der Waals surface area contributed by atoms with E-state index in [1.807, 2.05) is 25.3 Å². The molecule has 1 saturated carbocycles. The molecule has 1 aliphatic carbocycles. The summed E-state index contributed by atoms with van der Waals surface area (Å²) < 4.78 is 1.82. The van der Waals surface area contributed by atoms with E-state index in [-0.39, 0.29) is 11.3 Å². The van der Waals surface area contributed by atoms with Crippen LogP contribution < -0.4 is 5.32 Å². The van der Waals surface area contributed by atoms with Crippen molar-refractivity contribution in [3.63, 3.8) is 0 Å². The topological polar surface area (TPSA) is 72.2 Å². The quantitative estimate of drug-likeness (QED) is 0.928. The first-order valence-electron chi connectivity index (χ1n) is 6.44. The third-order valence-electron chi connectivity index (χ3n) is 3.08. The SMILES string of the molecule is CC(C)(C)C(=O)NCc1nn2c(C3CC3)nnc2s1. The van der Waals surface area contributed by atoms with Crippen molar-refractivity contribution in [1.82, 2.24) is 25.1 Å². The summed E-state index contributed by atoms with van der Waals surface area (Å²) in [4.78, 5) is 12.6.